The van der Waals surface area contributed by atoms with Crippen LogP contribution in [0.5, 0.6) is 11.5 Å². The Hall–Kier alpha value is -3.99. The second-order valence-electron chi connectivity index (χ2n) is 8.26. The van der Waals surface area contributed by atoms with Gasteiger partial charge in [0.1, 0.15) is 11.6 Å². The van der Waals surface area contributed by atoms with Crippen LogP contribution in [0.25, 0.3) is 6.08 Å². The summed E-state index contributed by atoms with van der Waals surface area (Å²) < 4.78 is 17.0. The van der Waals surface area contributed by atoms with Gasteiger partial charge < -0.3 is 24.4 Å². The van der Waals surface area contributed by atoms with Gasteiger partial charge in [-0.2, -0.15) is 5.26 Å². The van der Waals surface area contributed by atoms with Crippen LogP contribution in [-0.2, 0) is 14.3 Å². The predicted molar refractivity (Wildman–Crippen MR) is 123 cm³/mol. The van der Waals surface area contributed by atoms with E-state index < -0.39 is 24.3 Å². The van der Waals surface area contributed by atoms with Crippen LogP contribution in [0, 0.1) is 11.3 Å². The number of benzene rings is 2. The molecule has 1 fully saturated rings. The maximum absolute atomic E-state index is 12.3. The summed E-state index contributed by atoms with van der Waals surface area (Å²) in [5, 5.41) is 12.0. The molecule has 1 spiro atoms. The molecule has 1 N–H and O–H groups in total. The van der Waals surface area contributed by atoms with E-state index in [1.54, 1.807) is 30.3 Å². The van der Waals surface area contributed by atoms with Gasteiger partial charge in [0.05, 0.1) is 0 Å². The van der Waals surface area contributed by atoms with E-state index in [9.17, 15) is 14.9 Å². The molecule has 4 rings (SSSR count). The predicted octanol–water partition coefficient (Wildman–Crippen LogP) is 3.88. The lowest BCUT2D eigenvalue weighted by Gasteiger charge is -2.21. The number of hydrogen-bond donors (Lipinski definition) is 1. The lowest BCUT2D eigenvalue weighted by atomic mass is 10.1. The van der Waals surface area contributed by atoms with Crippen molar-refractivity contribution in [3.63, 3.8) is 0 Å². The summed E-state index contributed by atoms with van der Waals surface area (Å²) in [6.45, 7) is -0.518. The van der Waals surface area contributed by atoms with Crippen LogP contribution in [0.1, 0.15) is 31.2 Å². The molecule has 1 aliphatic carbocycles. The fourth-order valence-corrected chi connectivity index (χ4v) is 3.87. The maximum atomic E-state index is 12.3. The number of fused-ring (bicyclic) bond motifs is 1. The van der Waals surface area contributed by atoms with Crippen LogP contribution < -0.4 is 19.7 Å². The first-order valence-electron chi connectivity index (χ1n) is 10.8. The molecular weight excluding hydrogens is 422 g/mol. The first-order valence-corrected chi connectivity index (χ1v) is 10.8. The highest BCUT2D eigenvalue weighted by atomic mass is 16.7. The molecule has 0 aromatic heterocycles. The molecule has 2 aromatic carbocycles. The number of rotatable bonds is 6. The van der Waals surface area contributed by atoms with Crippen LogP contribution in [0.3, 0.4) is 0 Å². The molecule has 0 unspecified atom stereocenters. The number of nitriles is 1. The number of amides is 1. The van der Waals surface area contributed by atoms with Crippen LogP contribution in [-0.4, -0.2) is 38.4 Å². The SMILES string of the molecule is CN(C)c1ccc(/C=C(\C#N)C(=O)OCC(=O)Nc2ccc3c(c2)OC2(CCCC2)O3)cc1. The van der Waals surface area contributed by atoms with Gasteiger partial charge in [0, 0.05) is 44.4 Å². The zero-order chi connectivity index (χ0) is 23.4. The van der Waals surface area contributed by atoms with Gasteiger partial charge in [-0.1, -0.05) is 12.1 Å². The van der Waals surface area contributed by atoms with Gasteiger partial charge in [0.25, 0.3) is 11.7 Å². The van der Waals surface area contributed by atoms with Crippen molar-refractivity contribution in [3.05, 3.63) is 53.6 Å². The van der Waals surface area contributed by atoms with E-state index in [1.165, 1.54) is 6.08 Å². The average Bonchev–Trinajstić information content (AvgIpc) is 3.41. The summed E-state index contributed by atoms with van der Waals surface area (Å²) in [7, 11) is 3.84. The normalized spacial score (nSPS) is 15.7. The van der Waals surface area contributed by atoms with E-state index in [4.69, 9.17) is 14.2 Å². The molecule has 0 bridgehead atoms. The van der Waals surface area contributed by atoms with Crippen LogP contribution in [0.15, 0.2) is 48.0 Å². The Morgan fingerprint density at radius 2 is 1.82 bits per heavy atom. The fraction of sp³-hybridized carbons (Fsp3) is 0.320. The number of hydrogen-bond acceptors (Lipinski definition) is 7. The van der Waals surface area contributed by atoms with Gasteiger partial charge >= 0.3 is 5.97 Å². The molecule has 33 heavy (non-hydrogen) atoms. The Morgan fingerprint density at radius 3 is 2.48 bits per heavy atom. The minimum Gasteiger partial charge on any atom is -0.451 e. The van der Waals surface area contributed by atoms with Gasteiger partial charge in [-0.15, -0.1) is 0 Å². The summed E-state index contributed by atoms with van der Waals surface area (Å²) in [4.78, 5) is 26.5. The summed E-state index contributed by atoms with van der Waals surface area (Å²) >= 11 is 0. The van der Waals surface area contributed by atoms with Crippen LogP contribution >= 0.6 is 0 Å². The standard InChI is InChI=1S/C25H25N3O5/c1-28(2)20-8-5-17(6-9-20)13-18(15-26)24(30)31-16-23(29)27-19-7-10-21-22(14-19)33-25(32-21)11-3-4-12-25/h5-10,13-14H,3-4,11-12,16H2,1-2H3,(H,27,29)/b18-13+. The lowest BCUT2D eigenvalue weighted by Crippen LogP contribution is -2.34. The molecule has 0 radical (unpaired) electrons. The number of anilines is 2. The Labute approximate surface area is 192 Å². The van der Waals surface area contributed by atoms with Gasteiger partial charge in [0.15, 0.2) is 18.1 Å². The van der Waals surface area contributed by atoms with Gasteiger partial charge in [-0.25, -0.2) is 4.79 Å². The van der Waals surface area contributed by atoms with E-state index in [-0.39, 0.29) is 5.57 Å². The van der Waals surface area contributed by atoms with Crippen LogP contribution in [0.4, 0.5) is 11.4 Å². The Kier molecular flexibility index (Phi) is 6.22. The molecule has 1 amide bonds. The van der Waals surface area contributed by atoms with Crippen molar-refractivity contribution >= 4 is 29.3 Å². The maximum Gasteiger partial charge on any atom is 0.349 e. The van der Waals surface area contributed by atoms with Gasteiger partial charge in [-0.05, 0) is 48.7 Å². The van der Waals surface area contributed by atoms with Gasteiger partial charge in [-0.3, -0.25) is 4.79 Å². The third-order valence-electron chi connectivity index (χ3n) is 5.58. The quantitative estimate of drug-likeness (QED) is 0.407. The lowest BCUT2D eigenvalue weighted by molar-refractivity contribution is -0.142. The van der Waals surface area contributed by atoms with E-state index in [1.807, 2.05) is 37.2 Å². The average molecular weight is 447 g/mol. The molecule has 0 atom stereocenters. The van der Waals surface area contributed by atoms with Crippen molar-refractivity contribution in [2.24, 2.45) is 0 Å². The molecular formula is C25H25N3O5. The van der Waals surface area contributed by atoms with Crippen molar-refractivity contribution in [1.29, 1.82) is 5.26 Å². The van der Waals surface area contributed by atoms with E-state index in [2.05, 4.69) is 5.32 Å². The highest BCUT2D eigenvalue weighted by Gasteiger charge is 2.44. The van der Waals surface area contributed by atoms with Crippen molar-refractivity contribution in [2.75, 3.05) is 30.9 Å². The first kappa shape index (κ1) is 22.2. The number of ether oxygens (including phenoxy) is 3. The Bertz CT molecular complexity index is 1130. The molecule has 1 aliphatic heterocycles. The minimum atomic E-state index is -0.863. The smallest absolute Gasteiger partial charge is 0.349 e. The fourth-order valence-electron chi connectivity index (χ4n) is 3.87. The highest BCUT2D eigenvalue weighted by Crippen LogP contribution is 2.47. The third kappa shape index (κ3) is 5.09. The summed E-state index contributed by atoms with van der Waals surface area (Å²) in [5.41, 5.74) is 1.99. The van der Waals surface area contributed by atoms with E-state index >= 15 is 0 Å². The second-order valence-corrected chi connectivity index (χ2v) is 8.26. The molecule has 2 aromatic rings. The monoisotopic (exact) mass is 447 g/mol. The topological polar surface area (TPSA) is 101 Å². The molecule has 2 aliphatic rings. The summed E-state index contributed by atoms with van der Waals surface area (Å²) in [5.74, 6) is -0.720. The molecule has 8 nitrogen and oxygen atoms in total. The number of carbonyl (C=O) groups is 2. The molecule has 1 heterocycles. The van der Waals surface area contributed by atoms with Crippen molar-refractivity contribution in [1.82, 2.24) is 0 Å². The second kappa shape index (κ2) is 9.25. The Morgan fingerprint density at radius 1 is 1.12 bits per heavy atom. The zero-order valence-electron chi connectivity index (χ0n) is 18.6. The van der Waals surface area contributed by atoms with E-state index in [0.29, 0.717) is 22.7 Å². The summed E-state index contributed by atoms with van der Waals surface area (Å²) in [6, 6.07) is 14.3. The molecule has 0 saturated heterocycles. The molecule has 170 valence electrons. The zero-order valence-corrected chi connectivity index (χ0v) is 18.6. The van der Waals surface area contributed by atoms with Crippen molar-refractivity contribution in [2.45, 2.75) is 31.5 Å². The minimum absolute atomic E-state index is 0.189. The number of carbonyl (C=O) groups excluding carboxylic acids is 2. The van der Waals surface area contributed by atoms with Crippen LogP contribution in [0.2, 0.25) is 0 Å². The Balaban J connectivity index is 1.32. The molecule has 1 saturated carbocycles. The van der Waals surface area contributed by atoms with Crippen molar-refractivity contribution < 1.29 is 23.8 Å². The van der Waals surface area contributed by atoms with E-state index in [0.717, 1.165) is 31.4 Å². The van der Waals surface area contributed by atoms with Gasteiger partial charge in [0.2, 0.25) is 0 Å². The number of nitrogens with one attached hydrogen (secondary N) is 1. The molecule has 8 heteroatoms. The third-order valence-corrected chi connectivity index (χ3v) is 5.58. The highest BCUT2D eigenvalue weighted by molar-refractivity contribution is 6.00. The van der Waals surface area contributed by atoms with Crippen molar-refractivity contribution in [3.8, 4) is 17.6 Å². The number of nitrogens with zero attached hydrogens (tertiary/aromatic N) is 2. The largest absolute Gasteiger partial charge is 0.451 e. The summed E-state index contributed by atoms with van der Waals surface area (Å²) in [6.07, 6.45) is 5.23. The number of esters is 1. The first-order chi connectivity index (χ1) is 15.9.